The number of rotatable bonds is 26. The van der Waals surface area contributed by atoms with Gasteiger partial charge in [-0.15, -0.1) is 13.2 Å². The van der Waals surface area contributed by atoms with Gasteiger partial charge in [-0.25, -0.2) is 0 Å². The van der Waals surface area contributed by atoms with E-state index in [9.17, 15) is 0 Å². The molecule has 0 radical (unpaired) electrons. The van der Waals surface area contributed by atoms with Crippen LogP contribution in [0.25, 0.3) is 0 Å². The molecule has 0 bridgehead atoms. The van der Waals surface area contributed by atoms with Gasteiger partial charge in [0.05, 0.1) is 0 Å². The third-order valence-electron chi connectivity index (χ3n) is 3.31. The Labute approximate surface area is 293 Å². The molecule has 0 N–H and O–H groups in total. The minimum atomic E-state index is 0. The molecule has 38 heavy (non-hydrogen) atoms. The molecule has 0 saturated heterocycles. The van der Waals surface area contributed by atoms with Crippen molar-refractivity contribution >= 4 is 133 Å². The van der Waals surface area contributed by atoms with Crippen LogP contribution in [0.15, 0.2) is 25.3 Å². The summed E-state index contributed by atoms with van der Waals surface area (Å²) in [6.07, 6.45) is 6.54. The van der Waals surface area contributed by atoms with E-state index in [1.807, 2.05) is 59.2 Å². The zero-order valence-corrected chi connectivity index (χ0v) is 30.7. The van der Waals surface area contributed by atoms with Crippen LogP contribution < -0.4 is 0 Å². The Morgan fingerprint density at radius 3 is 0.868 bits per heavy atom. The molecule has 0 heterocycles. The summed E-state index contributed by atoms with van der Waals surface area (Å²) in [5.74, 6) is 21.4. The second-order valence-electron chi connectivity index (χ2n) is 6.39. The highest BCUT2D eigenvalue weighted by molar-refractivity contribution is 8.04. The summed E-state index contributed by atoms with van der Waals surface area (Å²) in [5, 5.41) is 0. The molecule has 0 nitrogen and oxygen atoms in total. The fraction of sp³-hybridized carbons (Fsp3) is 0.852. The van der Waals surface area contributed by atoms with Gasteiger partial charge in [0, 0.05) is 57.5 Å². The normalized spacial score (nSPS) is 9.37. The lowest BCUT2D eigenvalue weighted by Crippen LogP contribution is -1.93. The third kappa shape index (κ3) is 67.2. The van der Waals surface area contributed by atoms with Crippen molar-refractivity contribution < 1.29 is 0 Å². The maximum atomic E-state index is 4.22. The van der Waals surface area contributed by atoms with Crippen LogP contribution in [0.1, 0.15) is 35.1 Å². The monoisotopic (exact) mass is 738 g/mol. The van der Waals surface area contributed by atoms with E-state index in [2.05, 4.69) is 99.0 Å². The zero-order valence-electron chi connectivity index (χ0n) is 21.4. The van der Waals surface area contributed by atoms with Crippen LogP contribution in [0.3, 0.4) is 0 Å². The summed E-state index contributed by atoms with van der Waals surface area (Å²) < 4.78 is 0. The first kappa shape index (κ1) is 53.9. The fourth-order valence-corrected chi connectivity index (χ4v) is 9.27. The largest absolute Gasteiger partial charge is 0.179 e. The molecule has 0 aromatic carbocycles. The summed E-state index contributed by atoms with van der Waals surface area (Å²) in [7, 11) is 0. The second-order valence-corrected chi connectivity index (χ2v) is 16.6. The van der Waals surface area contributed by atoms with E-state index in [-0.39, 0.29) is 22.3 Å². The highest BCUT2D eigenvalue weighted by Gasteiger charge is 1.95. The standard InChI is InChI=1S/C14H30S7.C6H10S.C4H10S3.3CH4/c15-3-9-20-13-11-18-7-1-5-17-6-2-8-19-12-14-21-10-4-16;1-3-5-7-6-4-2;5-1-3-7-4-2-6;;;/h15-16H,1-14H2;3-4H,1-2,5-6H2;5-6H,1-4H2;3*1H4. The van der Waals surface area contributed by atoms with Gasteiger partial charge in [0.1, 0.15) is 0 Å². The van der Waals surface area contributed by atoms with Crippen LogP contribution in [0.4, 0.5) is 0 Å². The lowest BCUT2D eigenvalue weighted by Gasteiger charge is -2.03. The van der Waals surface area contributed by atoms with E-state index >= 15 is 0 Å². The number of hydrogen-bond acceptors (Lipinski definition) is 11. The first-order valence-corrected chi connectivity index (χ1v) is 22.6. The van der Waals surface area contributed by atoms with Crippen LogP contribution >= 0.6 is 133 Å². The van der Waals surface area contributed by atoms with Gasteiger partial charge in [0.25, 0.3) is 0 Å². The maximum absolute atomic E-state index is 4.22. The van der Waals surface area contributed by atoms with E-state index in [1.54, 1.807) is 0 Å². The molecule has 0 aliphatic heterocycles. The van der Waals surface area contributed by atoms with Gasteiger partial charge in [-0.05, 0) is 58.9 Å². The molecule has 236 valence electrons. The fourth-order valence-electron chi connectivity index (χ4n) is 1.87. The molecule has 0 amide bonds. The summed E-state index contributed by atoms with van der Waals surface area (Å²) in [6, 6.07) is 0. The highest BCUT2D eigenvalue weighted by Crippen LogP contribution is 2.14. The molecule has 0 unspecified atom stereocenters. The van der Waals surface area contributed by atoms with Crippen LogP contribution in [0, 0.1) is 0 Å². The molecule has 0 saturated carbocycles. The predicted octanol–water partition coefficient (Wildman–Crippen LogP) is 10.9. The molecule has 0 aliphatic rings. The lowest BCUT2D eigenvalue weighted by atomic mass is 10.6. The molecule has 0 rings (SSSR count). The summed E-state index contributed by atoms with van der Waals surface area (Å²) >= 11 is 30.7. The van der Waals surface area contributed by atoms with Gasteiger partial charge in [0.2, 0.25) is 0 Å². The van der Waals surface area contributed by atoms with Gasteiger partial charge >= 0.3 is 0 Å². The lowest BCUT2D eigenvalue weighted by molar-refractivity contribution is 1.09. The van der Waals surface area contributed by atoms with Crippen molar-refractivity contribution in [3.63, 3.8) is 0 Å². The van der Waals surface area contributed by atoms with E-state index in [0.29, 0.717) is 0 Å². The Morgan fingerprint density at radius 1 is 0.368 bits per heavy atom. The number of thioether (sulfide) groups is 7. The minimum absolute atomic E-state index is 0. The maximum Gasteiger partial charge on any atom is 0.0113 e. The molecule has 0 spiro atoms. The Hall–Kier alpha value is 3.33. The smallest absolute Gasteiger partial charge is 0.0113 e. The number of hydrogen-bond donors (Lipinski definition) is 4. The predicted molar refractivity (Wildman–Crippen MR) is 227 cm³/mol. The van der Waals surface area contributed by atoms with Crippen molar-refractivity contribution in [2.24, 2.45) is 0 Å². The van der Waals surface area contributed by atoms with Crippen molar-refractivity contribution in [1.82, 2.24) is 0 Å². The van der Waals surface area contributed by atoms with E-state index in [4.69, 9.17) is 0 Å². The molecule has 0 aromatic heterocycles. The first-order valence-electron chi connectivity index (χ1n) is 11.9. The van der Waals surface area contributed by atoms with Gasteiger partial charge in [-0.2, -0.15) is 133 Å². The number of thiol groups is 4. The molecule has 0 atom stereocenters. The van der Waals surface area contributed by atoms with Crippen molar-refractivity contribution in [2.45, 2.75) is 35.1 Å². The quantitative estimate of drug-likeness (QED) is 0.0391. The molecule has 0 aliphatic carbocycles. The third-order valence-corrected chi connectivity index (χ3v) is 13.1. The average molecular weight is 740 g/mol. The highest BCUT2D eigenvalue weighted by atomic mass is 32.2. The Balaban J connectivity index is -0.000000125. The SMILES string of the molecule is C.C.C.C=CCSCC=C.SCCSCCS.SCCSCCSCCCSCCCSCCSCCS. The average Bonchev–Trinajstić information content (AvgIpc) is 2.87. The molecule has 11 heteroatoms. The Kier molecular flexibility index (Phi) is 84.6. The summed E-state index contributed by atoms with van der Waals surface area (Å²) in [6.45, 7) is 7.15. The first-order chi connectivity index (χ1) is 17.2. The summed E-state index contributed by atoms with van der Waals surface area (Å²) in [4.78, 5) is 0. The Bertz CT molecular complexity index is 332. The van der Waals surface area contributed by atoms with Crippen LogP contribution in [0.2, 0.25) is 0 Å². The molecule has 0 aromatic rings. The van der Waals surface area contributed by atoms with Crippen molar-refractivity contribution in [2.75, 3.05) is 104 Å². The van der Waals surface area contributed by atoms with E-state index in [0.717, 1.165) is 46.0 Å². The van der Waals surface area contributed by atoms with Crippen LogP contribution in [-0.4, -0.2) is 104 Å². The van der Waals surface area contributed by atoms with Crippen molar-refractivity contribution in [3.05, 3.63) is 25.3 Å². The molecular formula is C27H62S11. The van der Waals surface area contributed by atoms with Crippen LogP contribution in [0.5, 0.6) is 0 Å². The van der Waals surface area contributed by atoms with Crippen molar-refractivity contribution in [1.29, 1.82) is 0 Å². The topological polar surface area (TPSA) is 0 Å². The van der Waals surface area contributed by atoms with E-state index < -0.39 is 0 Å². The van der Waals surface area contributed by atoms with Gasteiger partial charge in [-0.3, -0.25) is 0 Å². The van der Waals surface area contributed by atoms with Gasteiger partial charge in [-0.1, -0.05) is 34.4 Å². The van der Waals surface area contributed by atoms with Crippen molar-refractivity contribution in [3.8, 4) is 0 Å². The van der Waals surface area contributed by atoms with Crippen LogP contribution in [-0.2, 0) is 0 Å². The van der Waals surface area contributed by atoms with Gasteiger partial charge in [0.15, 0.2) is 0 Å². The summed E-state index contributed by atoms with van der Waals surface area (Å²) in [5.41, 5.74) is 0. The Morgan fingerprint density at radius 2 is 0.605 bits per heavy atom. The zero-order chi connectivity index (χ0) is 26.5. The molecule has 0 fully saturated rings. The minimum Gasteiger partial charge on any atom is -0.179 e. The molecular weight excluding hydrogens is 677 g/mol. The van der Waals surface area contributed by atoms with E-state index in [1.165, 1.54) is 70.4 Å². The van der Waals surface area contributed by atoms with Gasteiger partial charge < -0.3 is 0 Å². The second kappa shape index (κ2) is 59.7.